The zero-order valence-corrected chi connectivity index (χ0v) is 5.70. The van der Waals surface area contributed by atoms with E-state index in [-0.39, 0.29) is 11.5 Å². The molecule has 0 aliphatic carbocycles. The van der Waals surface area contributed by atoms with Crippen LogP contribution in [-0.2, 0) is 4.79 Å². The van der Waals surface area contributed by atoms with Crippen molar-refractivity contribution in [3.8, 4) is 0 Å². The Balaban J connectivity index is 3.02. The molecule has 0 bridgehead atoms. The van der Waals surface area contributed by atoms with E-state index in [9.17, 15) is 9.59 Å². The maximum atomic E-state index is 10.7. The minimum atomic E-state index is -1.54. The molecule has 0 atom stereocenters. The highest BCUT2D eigenvalue weighted by molar-refractivity contribution is 6.39. The summed E-state index contributed by atoms with van der Waals surface area (Å²) in [6, 6.07) is 0. The topological polar surface area (TPSA) is 80.4 Å². The van der Waals surface area contributed by atoms with Crippen LogP contribution in [0, 0.1) is 6.92 Å². The fourth-order valence-electron chi connectivity index (χ4n) is 0.617. The molecule has 1 N–H and O–H groups in total. The largest absolute Gasteiger partial charge is 0.475 e. The fraction of sp³-hybridized carbons (Fsp3) is 0.167. The monoisotopic (exact) mass is 155 g/mol. The number of aryl methyl sites for hydroxylation is 1. The highest BCUT2D eigenvalue weighted by Crippen LogP contribution is 2.05. The van der Waals surface area contributed by atoms with E-state index >= 15 is 0 Å². The molecular weight excluding hydrogens is 150 g/mol. The standard InChI is InChI=1S/C6H5NO4/c1-3-5(11-2-7-3)4(8)6(9)10/h2H,1H3,(H,9,10). The summed E-state index contributed by atoms with van der Waals surface area (Å²) in [5.74, 6) is -2.82. The third-order valence-electron chi connectivity index (χ3n) is 1.15. The van der Waals surface area contributed by atoms with Gasteiger partial charge in [0.15, 0.2) is 6.39 Å². The number of hydrogen-bond acceptors (Lipinski definition) is 4. The molecule has 0 aromatic carbocycles. The summed E-state index contributed by atoms with van der Waals surface area (Å²) < 4.78 is 4.55. The van der Waals surface area contributed by atoms with Crippen molar-refractivity contribution in [2.24, 2.45) is 0 Å². The lowest BCUT2D eigenvalue weighted by molar-refractivity contribution is -0.131. The second-order valence-corrected chi connectivity index (χ2v) is 1.90. The molecule has 0 fully saturated rings. The van der Waals surface area contributed by atoms with Crippen molar-refractivity contribution in [1.82, 2.24) is 4.98 Å². The average molecular weight is 155 g/mol. The lowest BCUT2D eigenvalue weighted by Gasteiger charge is -1.87. The molecule has 0 aliphatic heterocycles. The van der Waals surface area contributed by atoms with Crippen LogP contribution < -0.4 is 0 Å². The SMILES string of the molecule is Cc1ncoc1C(=O)C(=O)O. The number of carboxylic acid groups (broad SMARTS) is 1. The van der Waals surface area contributed by atoms with Gasteiger partial charge in [0.1, 0.15) is 0 Å². The molecular formula is C6H5NO4. The Bertz CT molecular complexity index is 301. The lowest BCUT2D eigenvalue weighted by atomic mass is 10.2. The van der Waals surface area contributed by atoms with E-state index in [0.29, 0.717) is 0 Å². The number of carbonyl (C=O) groups excluding carboxylic acids is 1. The molecule has 5 heteroatoms. The normalized spacial score (nSPS) is 9.55. The Kier molecular flexibility index (Phi) is 1.72. The van der Waals surface area contributed by atoms with Gasteiger partial charge in [-0.2, -0.15) is 0 Å². The molecule has 0 spiro atoms. The van der Waals surface area contributed by atoms with Gasteiger partial charge in [-0.1, -0.05) is 0 Å². The van der Waals surface area contributed by atoms with Crippen LogP contribution in [0.25, 0.3) is 0 Å². The van der Waals surface area contributed by atoms with Crippen molar-refractivity contribution in [1.29, 1.82) is 0 Å². The molecule has 5 nitrogen and oxygen atoms in total. The van der Waals surface area contributed by atoms with E-state index in [1.807, 2.05) is 0 Å². The first-order chi connectivity index (χ1) is 5.13. The first-order valence-electron chi connectivity index (χ1n) is 2.80. The van der Waals surface area contributed by atoms with Crippen molar-refractivity contribution in [2.75, 3.05) is 0 Å². The summed E-state index contributed by atoms with van der Waals surface area (Å²) in [5.41, 5.74) is 0.289. The number of aliphatic carboxylic acids is 1. The van der Waals surface area contributed by atoms with Crippen molar-refractivity contribution in [2.45, 2.75) is 6.92 Å². The first-order valence-corrected chi connectivity index (χ1v) is 2.80. The molecule has 0 aliphatic rings. The molecule has 1 aromatic rings. The van der Waals surface area contributed by atoms with E-state index in [2.05, 4.69) is 9.40 Å². The third kappa shape index (κ3) is 1.26. The molecule has 0 amide bonds. The Morgan fingerprint density at radius 2 is 2.27 bits per heavy atom. The third-order valence-corrected chi connectivity index (χ3v) is 1.15. The molecule has 0 saturated heterocycles. The van der Waals surface area contributed by atoms with Gasteiger partial charge in [0.05, 0.1) is 5.69 Å². The lowest BCUT2D eigenvalue weighted by Crippen LogP contribution is -2.12. The summed E-state index contributed by atoms with van der Waals surface area (Å²) in [6.07, 6.45) is 1.03. The van der Waals surface area contributed by atoms with E-state index in [1.54, 1.807) is 0 Å². The molecule has 0 unspecified atom stereocenters. The van der Waals surface area contributed by atoms with Gasteiger partial charge in [0.25, 0.3) is 0 Å². The van der Waals surface area contributed by atoms with Gasteiger partial charge in [-0.05, 0) is 6.92 Å². The van der Waals surface area contributed by atoms with Crippen LogP contribution in [0.2, 0.25) is 0 Å². The Hall–Kier alpha value is -1.65. The minimum Gasteiger partial charge on any atom is -0.475 e. The van der Waals surface area contributed by atoms with Crippen LogP contribution in [0.15, 0.2) is 10.8 Å². The molecule has 1 aromatic heterocycles. The van der Waals surface area contributed by atoms with Crippen molar-refractivity contribution in [3.05, 3.63) is 17.8 Å². The molecule has 1 rings (SSSR count). The first kappa shape index (κ1) is 7.46. The number of nitrogens with zero attached hydrogens (tertiary/aromatic N) is 1. The van der Waals surface area contributed by atoms with Gasteiger partial charge < -0.3 is 9.52 Å². The number of aromatic nitrogens is 1. The van der Waals surface area contributed by atoms with Crippen LogP contribution in [0.1, 0.15) is 16.2 Å². The second kappa shape index (κ2) is 2.53. The van der Waals surface area contributed by atoms with E-state index in [0.717, 1.165) is 6.39 Å². The molecule has 11 heavy (non-hydrogen) atoms. The average Bonchev–Trinajstić information content (AvgIpc) is 2.33. The zero-order chi connectivity index (χ0) is 8.43. The van der Waals surface area contributed by atoms with Crippen LogP contribution in [0.5, 0.6) is 0 Å². The molecule has 1 heterocycles. The number of hydrogen-bond donors (Lipinski definition) is 1. The van der Waals surface area contributed by atoms with Crippen molar-refractivity contribution in [3.63, 3.8) is 0 Å². The highest BCUT2D eigenvalue weighted by atomic mass is 16.4. The van der Waals surface area contributed by atoms with Crippen molar-refractivity contribution >= 4 is 11.8 Å². The summed E-state index contributed by atoms with van der Waals surface area (Å²) in [5, 5.41) is 8.24. The van der Waals surface area contributed by atoms with Gasteiger partial charge in [0, 0.05) is 0 Å². The van der Waals surface area contributed by atoms with Gasteiger partial charge in [-0.25, -0.2) is 9.78 Å². The van der Waals surface area contributed by atoms with Gasteiger partial charge in [0.2, 0.25) is 5.76 Å². The van der Waals surface area contributed by atoms with Crippen molar-refractivity contribution < 1.29 is 19.1 Å². The van der Waals surface area contributed by atoms with Crippen LogP contribution in [0.4, 0.5) is 0 Å². The number of ketones is 1. The summed E-state index contributed by atoms with van der Waals surface area (Å²) in [7, 11) is 0. The maximum Gasteiger partial charge on any atom is 0.380 e. The van der Waals surface area contributed by atoms with E-state index < -0.39 is 11.8 Å². The Morgan fingerprint density at radius 3 is 2.64 bits per heavy atom. The predicted molar refractivity (Wildman–Crippen MR) is 33.2 cm³/mol. The molecule has 0 radical (unpaired) electrons. The van der Waals surface area contributed by atoms with Crippen LogP contribution in [-0.4, -0.2) is 21.8 Å². The number of carboxylic acids is 1. The van der Waals surface area contributed by atoms with E-state index in [4.69, 9.17) is 5.11 Å². The van der Waals surface area contributed by atoms with E-state index in [1.165, 1.54) is 6.92 Å². The number of carbonyl (C=O) groups is 2. The quantitative estimate of drug-likeness (QED) is 0.489. The van der Waals surface area contributed by atoms with Gasteiger partial charge in [-0.15, -0.1) is 0 Å². The smallest absolute Gasteiger partial charge is 0.380 e. The zero-order valence-electron chi connectivity index (χ0n) is 5.70. The summed E-state index contributed by atoms with van der Waals surface area (Å²) >= 11 is 0. The fourth-order valence-corrected chi connectivity index (χ4v) is 0.617. The molecule has 58 valence electrons. The minimum absolute atomic E-state index is 0.211. The predicted octanol–water partition coefficient (Wildman–Crippen LogP) is 0.250. The van der Waals surface area contributed by atoms with Crippen LogP contribution in [0.3, 0.4) is 0 Å². The van der Waals surface area contributed by atoms with Crippen LogP contribution >= 0.6 is 0 Å². The summed E-state index contributed by atoms with van der Waals surface area (Å²) in [6.45, 7) is 1.50. The number of rotatable bonds is 2. The Labute approximate surface area is 61.7 Å². The molecule has 0 saturated carbocycles. The Morgan fingerprint density at radius 1 is 1.64 bits per heavy atom. The second-order valence-electron chi connectivity index (χ2n) is 1.90. The van der Waals surface area contributed by atoms with Gasteiger partial charge in [-0.3, -0.25) is 4.79 Å². The summed E-state index contributed by atoms with van der Waals surface area (Å²) in [4.78, 5) is 24.4. The highest BCUT2D eigenvalue weighted by Gasteiger charge is 2.20. The van der Waals surface area contributed by atoms with Gasteiger partial charge >= 0.3 is 11.8 Å². The maximum absolute atomic E-state index is 10.7. The number of oxazole rings is 1. The number of Topliss-reactive ketones (excluding diaryl/α,β-unsaturated/α-hetero) is 1.